The van der Waals surface area contributed by atoms with Crippen LogP contribution in [0.4, 0.5) is 20.2 Å². The summed E-state index contributed by atoms with van der Waals surface area (Å²) in [5, 5.41) is 22.7. The molecule has 0 spiro atoms. The number of halogens is 2. The number of nitro groups is 1. The van der Waals surface area contributed by atoms with E-state index in [4.69, 9.17) is 0 Å². The summed E-state index contributed by atoms with van der Waals surface area (Å²) >= 11 is 0.379. The summed E-state index contributed by atoms with van der Waals surface area (Å²) in [7, 11) is 0. The van der Waals surface area contributed by atoms with Crippen LogP contribution in [-0.4, -0.2) is 16.6 Å². The molecule has 0 saturated heterocycles. The third-order valence-corrected chi connectivity index (χ3v) is 4.17. The van der Waals surface area contributed by atoms with Gasteiger partial charge in [-0.2, -0.15) is 14.0 Å². The molecule has 0 fully saturated rings. The van der Waals surface area contributed by atoms with Crippen molar-refractivity contribution >= 4 is 35.1 Å². The first-order valence-corrected chi connectivity index (χ1v) is 8.41. The SMILES string of the molecule is Cc1ccc(/C=C(\C#N)C(=O)Nc2ccc(SC(F)F)cc2)cc1[N+](=O)[O-]. The lowest BCUT2D eigenvalue weighted by atomic mass is 10.1. The van der Waals surface area contributed by atoms with Crippen LogP contribution in [0.25, 0.3) is 6.08 Å². The fourth-order valence-electron chi connectivity index (χ4n) is 2.15. The molecule has 0 unspecified atom stereocenters. The summed E-state index contributed by atoms with van der Waals surface area (Å²) in [5.41, 5.74) is 0.756. The number of benzene rings is 2. The smallest absolute Gasteiger partial charge is 0.288 e. The molecule has 27 heavy (non-hydrogen) atoms. The monoisotopic (exact) mass is 389 g/mol. The maximum absolute atomic E-state index is 12.3. The molecular formula is C18H13F2N3O3S. The summed E-state index contributed by atoms with van der Waals surface area (Å²) < 4.78 is 24.6. The number of aryl methyl sites for hydroxylation is 1. The zero-order valence-electron chi connectivity index (χ0n) is 14.0. The molecule has 6 nitrogen and oxygen atoms in total. The highest BCUT2D eigenvalue weighted by Crippen LogP contribution is 2.26. The van der Waals surface area contributed by atoms with E-state index in [1.54, 1.807) is 19.1 Å². The minimum absolute atomic E-state index is 0.117. The zero-order chi connectivity index (χ0) is 20.0. The number of nitrogens with one attached hydrogen (secondary N) is 1. The van der Waals surface area contributed by atoms with Gasteiger partial charge in [0, 0.05) is 22.2 Å². The van der Waals surface area contributed by atoms with E-state index in [-0.39, 0.29) is 11.3 Å². The number of nitro benzene ring substituents is 1. The molecule has 138 valence electrons. The van der Waals surface area contributed by atoms with Crippen LogP contribution in [0.1, 0.15) is 11.1 Å². The summed E-state index contributed by atoms with van der Waals surface area (Å²) in [6.07, 6.45) is 1.24. The van der Waals surface area contributed by atoms with Gasteiger partial charge in [-0.05, 0) is 42.8 Å². The Balaban J connectivity index is 2.18. The van der Waals surface area contributed by atoms with E-state index in [1.165, 1.54) is 42.5 Å². The number of carbonyl (C=O) groups excluding carboxylic acids is 1. The van der Waals surface area contributed by atoms with Crippen molar-refractivity contribution in [3.8, 4) is 6.07 Å². The number of anilines is 1. The average Bonchev–Trinajstić information content (AvgIpc) is 2.61. The van der Waals surface area contributed by atoms with Gasteiger partial charge in [-0.1, -0.05) is 23.9 Å². The molecule has 0 saturated carbocycles. The Labute approximate surface area is 157 Å². The average molecular weight is 389 g/mol. The van der Waals surface area contributed by atoms with Gasteiger partial charge in [0.05, 0.1) is 4.92 Å². The van der Waals surface area contributed by atoms with E-state index in [0.29, 0.717) is 33.5 Å². The predicted molar refractivity (Wildman–Crippen MR) is 98.4 cm³/mol. The van der Waals surface area contributed by atoms with E-state index >= 15 is 0 Å². The lowest BCUT2D eigenvalue weighted by Gasteiger charge is -2.06. The number of amides is 1. The maximum atomic E-state index is 12.3. The Kier molecular flexibility index (Phi) is 6.62. The minimum Gasteiger partial charge on any atom is -0.321 e. The molecule has 0 aliphatic rings. The van der Waals surface area contributed by atoms with E-state index in [1.807, 2.05) is 0 Å². The van der Waals surface area contributed by atoms with Crippen molar-refractivity contribution in [2.24, 2.45) is 0 Å². The summed E-state index contributed by atoms with van der Waals surface area (Å²) in [6, 6.07) is 11.8. The first kappa shape index (κ1) is 20.1. The van der Waals surface area contributed by atoms with Crippen molar-refractivity contribution in [3.05, 3.63) is 69.3 Å². The van der Waals surface area contributed by atoms with Crippen molar-refractivity contribution in [1.82, 2.24) is 0 Å². The van der Waals surface area contributed by atoms with Crippen LogP contribution in [0.15, 0.2) is 52.9 Å². The molecule has 9 heteroatoms. The normalized spacial score (nSPS) is 11.1. The van der Waals surface area contributed by atoms with Crippen LogP contribution in [0.3, 0.4) is 0 Å². The number of hydrogen-bond donors (Lipinski definition) is 1. The number of thioether (sulfide) groups is 1. The fourth-order valence-corrected chi connectivity index (χ4v) is 2.65. The number of alkyl halides is 2. The second kappa shape index (κ2) is 8.91. The van der Waals surface area contributed by atoms with Crippen molar-refractivity contribution in [3.63, 3.8) is 0 Å². The molecule has 0 aliphatic carbocycles. The van der Waals surface area contributed by atoms with E-state index in [9.17, 15) is 29.0 Å². The molecule has 1 N–H and O–H groups in total. The van der Waals surface area contributed by atoms with E-state index < -0.39 is 16.6 Å². The summed E-state index contributed by atoms with van der Waals surface area (Å²) in [6.45, 7) is 1.58. The lowest BCUT2D eigenvalue weighted by molar-refractivity contribution is -0.385. The largest absolute Gasteiger partial charge is 0.321 e. The highest BCUT2D eigenvalue weighted by molar-refractivity contribution is 7.99. The molecule has 0 aromatic heterocycles. The topological polar surface area (TPSA) is 96.0 Å². The predicted octanol–water partition coefficient (Wildman–Crippen LogP) is 4.76. The van der Waals surface area contributed by atoms with Gasteiger partial charge < -0.3 is 5.32 Å². The third kappa shape index (κ3) is 5.62. The van der Waals surface area contributed by atoms with Gasteiger partial charge in [-0.25, -0.2) is 0 Å². The molecule has 0 atom stereocenters. The van der Waals surface area contributed by atoms with Crippen LogP contribution < -0.4 is 5.32 Å². The van der Waals surface area contributed by atoms with Crippen LogP contribution in [0.5, 0.6) is 0 Å². The van der Waals surface area contributed by atoms with Crippen LogP contribution in [0, 0.1) is 28.4 Å². The summed E-state index contributed by atoms with van der Waals surface area (Å²) in [4.78, 5) is 23.0. The fraction of sp³-hybridized carbons (Fsp3) is 0.111. The number of rotatable bonds is 6. The Hall–Kier alpha value is -3.25. The first-order valence-electron chi connectivity index (χ1n) is 7.53. The molecule has 0 radical (unpaired) electrons. The first-order chi connectivity index (χ1) is 12.8. The lowest BCUT2D eigenvalue weighted by Crippen LogP contribution is -2.13. The van der Waals surface area contributed by atoms with E-state index in [0.717, 1.165) is 0 Å². The molecule has 2 aromatic carbocycles. The number of hydrogen-bond acceptors (Lipinski definition) is 5. The molecule has 0 bridgehead atoms. The van der Waals surface area contributed by atoms with Gasteiger partial charge in [0.2, 0.25) is 0 Å². The van der Waals surface area contributed by atoms with Crippen molar-refractivity contribution in [1.29, 1.82) is 5.26 Å². The molecular weight excluding hydrogens is 376 g/mol. The zero-order valence-corrected chi connectivity index (χ0v) is 14.8. The van der Waals surface area contributed by atoms with Crippen molar-refractivity contribution < 1.29 is 18.5 Å². The van der Waals surface area contributed by atoms with Crippen molar-refractivity contribution in [2.75, 3.05) is 5.32 Å². The highest BCUT2D eigenvalue weighted by atomic mass is 32.2. The quantitative estimate of drug-likeness (QED) is 0.253. The number of nitrogens with zero attached hydrogens (tertiary/aromatic N) is 2. The number of carbonyl (C=O) groups is 1. The Morgan fingerprint density at radius 1 is 1.30 bits per heavy atom. The summed E-state index contributed by atoms with van der Waals surface area (Å²) in [5.74, 6) is -3.26. The second-order valence-corrected chi connectivity index (χ2v) is 6.39. The highest BCUT2D eigenvalue weighted by Gasteiger charge is 2.13. The Morgan fingerprint density at radius 3 is 2.52 bits per heavy atom. The van der Waals surface area contributed by atoms with E-state index in [2.05, 4.69) is 5.32 Å². The van der Waals surface area contributed by atoms with Crippen molar-refractivity contribution in [2.45, 2.75) is 17.6 Å². The maximum Gasteiger partial charge on any atom is 0.288 e. The van der Waals surface area contributed by atoms with Gasteiger partial charge >= 0.3 is 0 Å². The van der Waals surface area contributed by atoms with Gasteiger partial charge in [0.15, 0.2) is 0 Å². The Morgan fingerprint density at radius 2 is 1.96 bits per heavy atom. The Bertz CT molecular complexity index is 938. The number of nitriles is 1. The molecule has 2 aromatic rings. The van der Waals surface area contributed by atoms with Gasteiger partial charge in [-0.15, -0.1) is 0 Å². The second-order valence-electron chi connectivity index (χ2n) is 5.33. The minimum atomic E-state index is -2.54. The molecule has 0 aliphatic heterocycles. The van der Waals surface area contributed by atoms with Gasteiger partial charge in [0.1, 0.15) is 11.6 Å². The van der Waals surface area contributed by atoms with Crippen LogP contribution in [0.2, 0.25) is 0 Å². The van der Waals surface area contributed by atoms with Gasteiger partial charge in [-0.3, -0.25) is 14.9 Å². The van der Waals surface area contributed by atoms with Gasteiger partial charge in [0.25, 0.3) is 17.4 Å². The van der Waals surface area contributed by atoms with Crippen LogP contribution in [-0.2, 0) is 4.79 Å². The molecule has 0 heterocycles. The molecule has 1 amide bonds. The third-order valence-electron chi connectivity index (χ3n) is 3.44. The molecule has 2 rings (SSSR count). The van der Waals surface area contributed by atoms with Crippen LogP contribution >= 0.6 is 11.8 Å². The standard InChI is InChI=1S/C18H13F2N3O3S/c1-11-2-3-12(9-16(11)23(25)26)8-13(10-21)17(24)22-14-4-6-15(7-5-14)27-18(19)20/h2-9,18H,1H3,(H,22,24)/b13-8+.